The van der Waals surface area contributed by atoms with Crippen molar-refractivity contribution >= 4 is 11.6 Å². The number of hydrogen-bond donors (Lipinski definition) is 1. The van der Waals surface area contributed by atoms with Crippen molar-refractivity contribution in [3.8, 4) is 17.6 Å². The van der Waals surface area contributed by atoms with Gasteiger partial charge in [0.25, 0.3) is 0 Å². The van der Waals surface area contributed by atoms with Gasteiger partial charge in [0, 0.05) is 6.20 Å². The van der Waals surface area contributed by atoms with E-state index in [1.165, 1.54) is 31.6 Å². The molecule has 0 saturated heterocycles. The van der Waals surface area contributed by atoms with E-state index in [1.807, 2.05) is 0 Å². The molecule has 2 heterocycles. The molecule has 5 nitrogen and oxygen atoms in total. The molecule has 2 aromatic heterocycles. The maximum atomic E-state index is 13.7. The Morgan fingerprint density at radius 2 is 2.04 bits per heavy atom. The van der Waals surface area contributed by atoms with Crippen molar-refractivity contribution in [1.82, 2.24) is 9.97 Å². The van der Waals surface area contributed by atoms with Gasteiger partial charge in [0.1, 0.15) is 11.3 Å². The largest absolute Gasteiger partial charge is 0.494 e. The van der Waals surface area contributed by atoms with Gasteiger partial charge in [0.2, 0.25) is 0 Å². The first-order valence-corrected chi connectivity index (χ1v) is 6.35. The minimum Gasteiger partial charge on any atom is -0.494 e. The molecule has 0 bridgehead atoms. The zero-order valence-electron chi connectivity index (χ0n) is 12.1. The second kappa shape index (κ2) is 6.95. The molecule has 2 aromatic rings. The minimum atomic E-state index is -5.05. The highest BCUT2D eigenvalue weighted by molar-refractivity contribution is 5.95. The van der Waals surface area contributed by atoms with Gasteiger partial charge < -0.3 is 10.1 Å². The van der Waals surface area contributed by atoms with E-state index < -0.39 is 17.9 Å². The van der Waals surface area contributed by atoms with Crippen LogP contribution in [0.5, 0.6) is 5.75 Å². The van der Waals surface area contributed by atoms with Gasteiger partial charge in [-0.3, -0.25) is 9.78 Å². The van der Waals surface area contributed by atoms with Crippen LogP contribution in [0.25, 0.3) is 0 Å². The smallest absolute Gasteiger partial charge is 0.471 e. The lowest BCUT2D eigenvalue weighted by Crippen LogP contribution is -2.30. The van der Waals surface area contributed by atoms with Gasteiger partial charge in [-0.1, -0.05) is 5.92 Å². The standard InChI is InChI=1S/C15H9F4N3O2/c1-24-13-8-20-7-10(16)9(13)4-5-11-12(3-2-6-21-11)22-14(23)15(17,18)19/h2-3,6-8H,1H3,(H,22,23). The predicted molar refractivity (Wildman–Crippen MR) is 75.6 cm³/mol. The van der Waals surface area contributed by atoms with Crippen LogP contribution in [0.1, 0.15) is 11.3 Å². The molecule has 0 unspecified atom stereocenters. The van der Waals surface area contributed by atoms with Crippen LogP contribution in [0, 0.1) is 17.7 Å². The molecule has 0 atom stereocenters. The predicted octanol–water partition coefficient (Wildman–Crippen LogP) is 2.52. The number of methoxy groups -OCH3 is 1. The van der Waals surface area contributed by atoms with Gasteiger partial charge in [-0.25, -0.2) is 9.37 Å². The number of ether oxygens (including phenoxy) is 1. The third-order valence-electron chi connectivity index (χ3n) is 2.70. The molecule has 0 spiro atoms. The van der Waals surface area contributed by atoms with Crippen molar-refractivity contribution in [3.63, 3.8) is 0 Å². The molecular formula is C15H9F4N3O2. The molecule has 0 radical (unpaired) electrons. The van der Waals surface area contributed by atoms with E-state index in [9.17, 15) is 22.4 Å². The van der Waals surface area contributed by atoms with Gasteiger partial charge in [0.15, 0.2) is 11.6 Å². The Balaban J connectivity index is 2.38. The van der Waals surface area contributed by atoms with Crippen molar-refractivity contribution in [2.75, 3.05) is 12.4 Å². The third-order valence-corrected chi connectivity index (χ3v) is 2.70. The number of nitrogens with zero attached hydrogens (tertiary/aromatic N) is 2. The van der Waals surface area contributed by atoms with Crippen LogP contribution in [-0.2, 0) is 4.79 Å². The van der Waals surface area contributed by atoms with Crippen molar-refractivity contribution in [3.05, 3.63) is 47.8 Å². The molecular weight excluding hydrogens is 330 g/mol. The van der Waals surface area contributed by atoms with Crippen LogP contribution in [0.2, 0.25) is 0 Å². The Bertz CT molecular complexity index is 825. The zero-order chi connectivity index (χ0) is 17.7. The Kier molecular flexibility index (Phi) is 4.99. The first-order valence-electron chi connectivity index (χ1n) is 6.35. The number of rotatable bonds is 2. The lowest BCUT2D eigenvalue weighted by molar-refractivity contribution is -0.167. The molecule has 9 heteroatoms. The quantitative estimate of drug-likeness (QED) is 0.675. The molecule has 0 aliphatic rings. The van der Waals surface area contributed by atoms with Gasteiger partial charge in [-0.2, -0.15) is 13.2 Å². The topological polar surface area (TPSA) is 64.1 Å². The van der Waals surface area contributed by atoms with Crippen LogP contribution in [0.3, 0.4) is 0 Å². The molecule has 24 heavy (non-hydrogen) atoms. The normalized spacial score (nSPS) is 10.5. The van der Waals surface area contributed by atoms with Gasteiger partial charge in [-0.15, -0.1) is 0 Å². The van der Waals surface area contributed by atoms with E-state index in [0.717, 1.165) is 6.20 Å². The molecule has 0 aliphatic heterocycles. The fourth-order valence-electron chi connectivity index (χ4n) is 1.61. The molecule has 0 aliphatic carbocycles. The van der Waals surface area contributed by atoms with Gasteiger partial charge in [0.05, 0.1) is 25.2 Å². The fraction of sp³-hybridized carbons (Fsp3) is 0.133. The number of carbonyl (C=O) groups is 1. The number of carbonyl (C=O) groups excluding carboxylic acids is 1. The lowest BCUT2D eigenvalue weighted by Gasteiger charge is -2.08. The van der Waals surface area contributed by atoms with Crippen LogP contribution in [-0.4, -0.2) is 29.2 Å². The second-order valence-corrected chi connectivity index (χ2v) is 4.30. The summed E-state index contributed by atoms with van der Waals surface area (Å²) in [6, 6.07) is 2.52. The van der Waals surface area contributed by atoms with Gasteiger partial charge >= 0.3 is 12.1 Å². The summed E-state index contributed by atoms with van der Waals surface area (Å²) >= 11 is 0. The average molecular weight is 339 g/mol. The molecule has 124 valence electrons. The number of anilines is 1. The monoisotopic (exact) mass is 339 g/mol. The molecule has 0 saturated carbocycles. The lowest BCUT2D eigenvalue weighted by atomic mass is 10.2. The van der Waals surface area contributed by atoms with Crippen LogP contribution < -0.4 is 10.1 Å². The number of nitrogens with one attached hydrogen (secondary N) is 1. The summed E-state index contributed by atoms with van der Waals surface area (Å²) in [6.45, 7) is 0. The van der Waals surface area contributed by atoms with E-state index in [4.69, 9.17) is 4.74 Å². The number of halogens is 4. The molecule has 0 fully saturated rings. The second-order valence-electron chi connectivity index (χ2n) is 4.30. The third kappa shape index (κ3) is 3.98. The molecule has 2 rings (SSSR count). The minimum absolute atomic E-state index is 0.0549. The molecule has 1 amide bonds. The summed E-state index contributed by atoms with van der Waals surface area (Å²) in [7, 11) is 1.29. The van der Waals surface area contributed by atoms with E-state index in [-0.39, 0.29) is 22.7 Å². The van der Waals surface area contributed by atoms with E-state index in [2.05, 4.69) is 21.8 Å². The number of aromatic nitrogens is 2. The Labute approximate surface area is 133 Å². The maximum Gasteiger partial charge on any atom is 0.471 e. The summed E-state index contributed by atoms with van der Waals surface area (Å²) in [4.78, 5) is 18.4. The maximum absolute atomic E-state index is 13.7. The van der Waals surface area contributed by atoms with E-state index in [1.54, 1.807) is 5.32 Å². The van der Waals surface area contributed by atoms with E-state index >= 15 is 0 Å². The Morgan fingerprint density at radius 3 is 2.71 bits per heavy atom. The van der Waals surface area contributed by atoms with Crippen molar-refractivity contribution in [2.24, 2.45) is 0 Å². The van der Waals surface area contributed by atoms with E-state index in [0.29, 0.717) is 0 Å². The summed E-state index contributed by atoms with van der Waals surface area (Å²) in [5, 5.41) is 1.66. The highest BCUT2D eigenvalue weighted by Gasteiger charge is 2.39. The number of pyridine rings is 2. The highest BCUT2D eigenvalue weighted by Crippen LogP contribution is 2.21. The zero-order valence-corrected chi connectivity index (χ0v) is 12.1. The van der Waals surface area contributed by atoms with Crippen molar-refractivity contribution < 1.29 is 27.1 Å². The number of amides is 1. The first-order chi connectivity index (χ1) is 11.3. The van der Waals surface area contributed by atoms with Crippen LogP contribution in [0.15, 0.2) is 30.7 Å². The number of hydrogen-bond acceptors (Lipinski definition) is 4. The summed E-state index contributed by atoms with van der Waals surface area (Å²) in [5.74, 6) is 1.96. The number of alkyl halides is 3. The highest BCUT2D eigenvalue weighted by atomic mass is 19.4. The Hall–Kier alpha value is -3.15. The molecule has 0 aromatic carbocycles. The van der Waals surface area contributed by atoms with Gasteiger partial charge in [-0.05, 0) is 18.1 Å². The van der Waals surface area contributed by atoms with Crippen molar-refractivity contribution in [2.45, 2.75) is 6.18 Å². The average Bonchev–Trinajstić information content (AvgIpc) is 2.53. The summed E-state index contributed by atoms with van der Waals surface area (Å²) in [5.41, 5.74) is -0.541. The molecule has 1 N–H and O–H groups in total. The SMILES string of the molecule is COc1cncc(F)c1C#Cc1ncccc1NC(=O)C(F)(F)F. The summed E-state index contributed by atoms with van der Waals surface area (Å²) < 4.78 is 55.6. The van der Waals surface area contributed by atoms with Crippen LogP contribution >= 0.6 is 0 Å². The Morgan fingerprint density at radius 1 is 1.29 bits per heavy atom. The van der Waals surface area contributed by atoms with Crippen LogP contribution in [0.4, 0.5) is 23.2 Å². The fourth-order valence-corrected chi connectivity index (χ4v) is 1.61. The summed E-state index contributed by atoms with van der Waals surface area (Å²) in [6.07, 6.45) is -1.64. The van der Waals surface area contributed by atoms with Crippen molar-refractivity contribution in [1.29, 1.82) is 0 Å². The first kappa shape index (κ1) is 17.2.